The topological polar surface area (TPSA) is 62.0 Å². The first-order chi connectivity index (χ1) is 8.61. The molecule has 18 heavy (non-hydrogen) atoms. The third-order valence-electron chi connectivity index (χ3n) is 2.60. The molecule has 2 aromatic rings. The zero-order valence-electron chi connectivity index (χ0n) is 9.66. The van der Waals surface area contributed by atoms with E-state index in [1.54, 1.807) is 30.3 Å². The Kier molecular flexibility index (Phi) is 3.48. The van der Waals surface area contributed by atoms with Gasteiger partial charge in [-0.3, -0.25) is 9.59 Å². The van der Waals surface area contributed by atoms with Crippen LogP contribution in [0.2, 0.25) is 5.02 Å². The smallest absolute Gasteiger partial charge is 0.272 e. The van der Waals surface area contributed by atoms with E-state index in [-0.39, 0.29) is 5.91 Å². The van der Waals surface area contributed by atoms with Gasteiger partial charge < -0.3 is 10.3 Å². The van der Waals surface area contributed by atoms with Gasteiger partial charge in [-0.25, -0.2) is 0 Å². The van der Waals surface area contributed by atoms with Gasteiger partial charge in [0, 0.05) is 10.7 Å². The summed E-state index contributed by atoms with van der Waals surface area (Å²) in [7, 11) is 0. The summed E-state index contributed by atoms with van der Waals surface area (Å²) in [6.45, 7) is 1.82. The van der Waals surface area contributed by atoms with Crippen LogP contribution in [0.5, 0.6) is 0 Å². The van der Waals surface area contributed by atoms with Crippen LogP contribution in [0, 0.1) is 6.92 Å². The fourth-order valence-corrected chi connectivity index (χ4v) is 1.72. The van der Waals surface area contributed by atoms with E-state index in [1.165, 1.54) is 0 Å². The van der Waals surface area contributed by atoms with Gasteiger partial charge >= 0.3 is 0 Å². The summed E-state index contributed by atoms with van der Waals surface area (Å²) in [5.41, 5.74) is 2.14. The largest absolute Gasteiger partial charge is 0.348 e. The van der Waals surface area contributed by atoms with Gasteiger partial charge in [-0.2, -0.15) is 0 Å². The highest BCUT2D eigenvalue weighted by Crippen LogP contribution is 2.23. The lowest BCUT2D eigenvalue weighted by atomic mass is 10.2. The number of halogens is 1. The van der Waals surface area contributed by atoms with Gasteiger partial charge in [-0.1, -0.05) is 17.7 Å². The van der Waals surface area contributed by atoms with E-state index in [1.807, 2.05) is 6.92 Å². The Morgan fingerprint density at radius 2 is 2.11 bits per heavy atom. The normalized spacial score (nSPS) is 10.1. The number of anilines is 1. The molecule has 1 heterocycles. The number of rotatable bonds is 3. The molecule has 0 bridgehead atoms. The van der Waals surface area contributed by atoms with Crippen molar-refractivity contribution in [3.63, 3.8) is 0 Å². The first-order valence-corrected chi connectivity index (χ1v) is 5.70. The van der Waals surface area contributed by atoms with Crippen LogP contribution in [0.4, 0.5) is 5.69 Å². The summed E-state index contributed by atoms with van der Waals surface area (Å²) >= 11 is 5.96. The number of aldehydes is 1. The molecule has 0 fully saturated rings. The highest BCUT2D eigenvalue weighted by molar-refractivity contribution is 6.31. The van der Waals surface area contributed by atoms with Crippen LogP contribution < -0.4 is 5.32 Å². The van der Waals surface area contributed by atoms with E-state index in [2.05, 4.69) is 10.3 Å². The van der Waals surface area contributed by atoms with Crippen LogP contribution in [0.3, 0.4) is 0 Å². The van der Waals surface area contributed by atoms with Gasteiger partial charge in [0.15, 0.2) is 6.29 Å². The quantitative estimate of drug-likeness (QED) is 0.835. The van der Waals surface area contributed by atoms with E-state index in [0.29, 0.717) is 28.4 Å². The summed E-state index contributed by atoms with van der Waals surface area (Å²) in [4.78, 5) is 25.1. The van der Waals surface area contributed by atoms with Gasteiger partial charge in [0.1, 0.15) is 5.69 Å². The highest BCUT2D eigenvalue weighted by atomic mass is 35.5. The molecule has 1 aromatic carbocycles. The average molecular weight is 263 g/mol. The number of hydrogen-bond acceptors (Lipinski definition) is 2. The summed E-state index contributed by atoms with van der Waals surface area (Å²) in [6.07, 6.45) is 0.654. The fraction of sp³-hybridized carbons (Fsp3) is 0.0769. The second-order valence-corrected chi connectivity index (χ2v) is 4.22. The summed E-state index contributed by atoms with van der Waals surface area (Å²) < 4.78 is 0. The standard InChI is InChI=1S/C13H11ClN2O2/c1-8-10(14)3-2-4-11(8)16-13(18)12-6-5-9(7-17)15-12/h2-7,15H,1H3,(H,16,18). The van der Waals surface area contributed by atoms with Crippen molar-refractivity contribution < 1.29 is 9.59 Å². The molecule has 2 rings (SSSR count). The molecule has 92 valence electrons. The van der Waals surface area contributed by atoms with E-state index in [0.717, 1.165) is 5.56 Å². The maximum absolute atomic E-state index is 11.9. The van der Waals surface area contributed by atoms with E-state index >= 15 is 0 Å². The first-order valence-electron chi connectivity index (χ1n) is 5.32. The molecule has 4 nitrogen and oxygen atoms in total. The molecular formula is C13H11ClN2O2. The maximum Gasteiger partial charge on any atom is 0.272 e. The number of nitrogens with one attached hydrogen (secondary N) is 2. The molecule has 2 N–H and O–H groups in total. The van der Waals surface area contributed by atoms with Crippen molar-refractivity contribution in [1.82, 2.24) is 4.98 Å². The van der Waals surface area contributed by atoms with Crippen LogP contribution in [0.15, 0.2) is 30.3 Å². The molecule has 0 spiro atoms. The maximum atomic E-state index is 11.9. The Hall–Kier alpha value is -2.07. The molecule has 1 aromatic heterocycles. The van der Waals surface area contributed by atoms with Crippen molar-refractivity contribution in [1.29, 1.82) is 0 Å². The predicted octanol–water partition coefficient (Wildman–Crippen LogP) is 3.04. The minimum Gasteiger partial charge on any atom is -0.348 e. The molecule has 0 saturated heterocycles. The molecule has 0 aliphatic rings. The Balaban J connectivity index is 2.21. The molecule has 0 aliphatic carbocycles. The lowest BCUT2D eigenvalue weighted by Gasteiger charge is -2.08. The molecule has 0 atom stereocenters. The van der Waals surface area contributed by atoms with Gasteiger partial charge in [0.25, 0.3) is 5.91 Å². The third kappa shape index (κ3) is 2.43. The van der Waals surface area contributed by atoms with Gasteiger partial charge in [0.2, 0.25) is 0 Å². The summed E-state index contributed by atoms with van der Waals surface area (Å²) in [6, 6.07) is 8.39. The Bertz CT molecular complexity index is 605. The fourth-order valence-electron chi connectivity index (χ4n) is 1.55. The van der Waals surface area contributed by atoms with Crippen molar-refractivity contribution in [3.05, 3.63) is 52.3 Å². The van der Waals surface area contributed by atoms with Gasteiger partial charge in [-0.15, -0.1) is 0 Å². The molecule has 0 radical (unpaired) electrons. The lowest BCUT2D eigenvalue weighted by molar-refractivity contribution is 0.102. The summed E-state index contributed by atoms with van der Waals surface area (Å²) in [5.74, 6) is -0.312. The molecule has 0 saturated carbocycles. The minimum atomic E-state index is -0.312. The zero-order chi connectivity index (χ0) is 13.1. The number of H-pyrrole nitrogens is 1. The van der Waals surface area contributed by atoms with Crippen molar-refractivity contribution in [3.8, 4) is 0 Å². The van der Waals surface area contributed by atoms with Crippen molar-refractivity contribution in [2.75, 3.05) is 5.32 Å². The molecule has 1 amide bonds. The second-order valence-electron chi connectivity index (χ2n) is 3.81. The Labute approximate surface area is 109 Å². The predicted molar refractivity (Wildman–Crippen MR) is 70.3 cm³/mol. The van der Waals surface area contributed by atoms with Crippen molar-refractivity contribution in [2.45, 2.75) is 6.92 Å². The summed E-state index contributed by atoms with van der Waals surface area (Å²) in [5, 5.41) is 3.32. The number of benzene rings is 1. The Morgan fingerprint density at radius 3 is 2.78 bits per heavy atom. The molecular weight excluding hydrogens is 252 g/mol. The number of hydrogen-bond donors (Lipinski definition) is 2. The van der Waals surface area contributed by atoms with Crippen LogP contribution in [0.1, 0.15) is 26.5 Å². The van der Waals surface area contributed by atoms with Crippen LogP contribution in [-0.2, 0) is 0 Å². The average Bonchev–Trinajstić information content (AvgIpc) is 2.83. The highest BCUT2D eigenvalue weighted by Gasteiger charge is 2.10. The van der Waals surface area contributed by atoms with E-state index in [4.69, 9.17) is 11.6 Å². The van der Waals surface area contributed by atoms with Gasteiger partial charge in [-0.05, 0) is 36.8 Å². The number of carbonyl (C=O) groups is 2. The zero-order valence-corrected chi connectivity index (χ0v) is 10.4. The van der Waals surface area contributed by atoms with E-state index in [9.17, 15) is 9.59 Å². The number of aromatic amines is 1. The van der Waals surface area contributed by atoms with Crippen molar-refractivity contribution >= 4 is 29.5 Å². The Morgan fingerprint density at radius 1 is 1.33 bits per heavy atom. The lowest BCUT2D eigenvalue weighted by Crippen LogP contribution is -2.13. The van der Waals surface area contributed by atoms with Crippen LogP contribution >= 0.6 is 11.6 Å². The molecule has 0 unspecified atom stereocenters. The second kappa shape index (κ2) is 5.06. The van der Waals surface area contributed by atoms with Gasteiger partial charge in [0.05, 0.1) is 5.69 Å². The SMILES string of the molecule is Cc1c(Cl)cccc1NC(=O)c1ccc(C=O)[nH]1. The number of amides is 1. The first kappa shape index (κ1) is 12.4. The molecule has 0 aliphatic heterocycles. The molecule has 5 heteroatoms. The van der Waals surface area contributed by atoms with E-state index < -0.39 is 0 Å². The minimum absolute atomic E-state index is 0.312. The van der Waals surface area contributed by atoms with Crippen LogP contribution in [-0.4, -0.2) is 17.2 Å². The monoisotopic (exact) mass is 262 g/mol. The number of carbonyl (C=O) groups excluding carboxylic acids is 2. The third-order valence-corrected chi connectivity index (χ3v) is 3.01. The van der Waals surface area contributed by atoms with Crippen LogP contribution in [0.25, 0.3) is 0 Å². The van der Waals surface area contributed by atoms with Crippen molar-refractivity contribution in [2.24, 2.45) is 0 Å². The number of aromatic nitrogens is 1.